The van der Waals surface area contributed by atoms with Gasteiger partial charge in [-0.1, -0.05) is 0 Å². The van der Waals surface area contributed by atoms with Crippen molar-refractivity contribution in [2.45, 2.75) is 40.2 Å². The molecule has 0 aromatic carbocycles. The minimum Gasteiger partial charge on any atom is -0.338 e. The molecule has 0 fully saturated rings. The van der Waals surface area contributed by atoms with E-state index >= 15 is 0 Å². The highest BCUT2D eigenvalue weighted by atomic mass is 16.2. The molecule has 2 rings (SSSR count). The molecular weight excluding hydrogens is 268 g/mol. The van der Waals surface area contributed by atoms with E-state index < -0.39 is 0 Å². The van der Waals surface area contributed by atoms with Crippen molar-refractivity contribution in [3.05, 3.63) is 29.3 Å². The first kappa shape index (κ1) is 15.1. The first-order chi connectivity index (χ1) is 10.1. The van der Waals surface area contributed by atoms with Gasteiger partial charge in [-0.05, 0) is 39.2 Å². The van der Waals surface area contributed by atoms with Gasteiger partial charge < -0.3 is 10.6 Å². The number of nitrogens with zero attached hydrogens (tertiary/aromatic N) is 3. The fourth-order valence-corrected chi connectivity index (χ4v) is 2.19. The van der Waals surface area contributed by atoms with Crippen molar-refractivity contribution in [3.8, 4) is 0 Å². The number of carbonyl (C=O) groups is 1. The molecule has 7 nitrogen and oxygen atoms in total. The van der Waals surface area contributed by atoms with Crippen molar-refractivity contribution >= 4 is 11.7 Å². The summed E-state index contributed by atoms with van der Waals surface area (Å²) in [7, 11) is 0. The SMILES string of the molecule is CCn1cc(NC(=O)NCCCc2c(C)n[nH]c2C)cn1. The number of aromatic amines is 1. The summed E-state index contributed by atoms with van der Waals surface area (Å²) < 4.78 is 1.76. The molecule has 0 aliphatic carbocycles. The smallest absolute Gasteiger partial charge is 0.319 e. The van der Waals surface area contributed by atoms with Crippen LogP contribution in [0.25, 0.3) is 0 Å². The number of amides is 2. The molecule has 0 unspecified atom stereocenters. The molecule has 0 aliphatic heterocycles. The Bertz CT molecular complexity index is 581. The van der Waals surface area contributed by atoms with Gasteiger partial charge in [0.1, 0.15) is 0 Å². The van der Waals surface area contributed by atoms with Gasteiger partial charge in [-0.25, -0.2) is 4.79 Å². The zero-order chi connectivity index (χ0) is 15.2. The third-order valence-corrected chi connectivity index (χ3v) is 3.38. The summed E-state index contributed by atoms with van der Waals surface area (Å²) in [4.78, 5) is 11.7. The molecule has 0 saturated carbocycles. The number of hydrogen-bond donors (Lipinski definition) is 3. The molecule has 3 N–H and O–H groups in total. The van der Waals surface area contributed by atoms with Crippen LogP contribution in [0.15, 0.2) is 12.4 Å². The van der Waals surface area contributed by atoms with Crippen molar-refractivity contribution < 1.29 is 4.79 Å². The molecule has 2 aromatic rings. The lowest BCUT2D eigenvalue weighted by atomic mass is 10.1. The Morgan fingerprint density at radius 2 is 2.24 bits per heavy atom. The fourth-order valence-electron chi connectivity index (χ4n) is 2.19. The van der Waals surface area contributed by atoms with Crippen LogP contribution in [0.4, 0.5) is 10.5 Å². The predicted molar refractivity (Wildman–Crippen MR) is 81.3 cm³/mol. The predicted octanol–water partition coefficient (Wildman–Crippen LogP) is 2.00. The van der Waals surface area contributed by atoms with E-state index in [1.54, 1.807) is 17.1 Å². The molecule has 2 heterocycles. The molecule has 0 atom stereocenters. The summed E-state index contributed by atoms with van der Waals surface area (Å²) in [6.07, 6.45) is 5.23. The Labute approximate surface area is 124 Å². The van der Waals surface area contributed by atoms with E-state index in [2.05, 4.69) is 25.9 Å². The first-order valence-corrected chi connectivity index (χ1v) is 7.18. The summed E-state index contributed by atoms with van der Waals surface area (Å²) in [5, 5.41) is 16.8. The van der Waals surface area contributed by atoms with E-state index in [9.17, 15) is 4.79 Å². The Morgan fingerprint density at radius 1 is 1.43 bits per heavy atom. The molecule has 0 radical (unpaired) electrons. The van der Waals surface area contributed by atoms with E-state index in [4.69, 9.17) is 0 Å². The van der Waals surface area contributed by atoms with Crippen LogP contribution in [0, 0.1) is 13.8 Å². The monoisotopic (exact) mass is 290 g/mol. The quantitative estimate of drug-likeness (QED) is 0.711. The lowest BCUT2D eigenvalue weighted by Crippen LogP contribution is -2.29. The number of urea groups is 1. The standard InChI is InChI=1S/C14H22N6O/c1-4-20-9-12(8-16-20)17-14(21)15-7-5-6-13-10(2)18-19-11(13)3/h8-9H,4-7H2,1-3H3,(H,18,19)(H2,15,17,21). The average Bonchev–Trinajstić information content (AvgIpc) is 3.03. The normalized spacial score (nSPS) is 10.6. The molecule has 21 heavy (non-hydrogen) atoms. The van der Waals surface area contributed by atoms with Crippen molar-refractivity contribution in [2.24, 2.45) is 0 Å². The number of anilines is 1. The maximum atomic E-state index is 11.7. The van der Waals surface area contributed by atoms with Crippen LogP contribution < -0.4 is 10.6 Å². The number of H-pyrrole nitrogens is 1. The van der Waals surface area contributed by atoms with E-state index in [0.29, 0.717) is 12.2 Å². The van der Waals surface area contributed by atoms with Gasteiger partial charge in [0.05, 0.1) is 17.6 Å². The van der Waals surface area contributed by atoms with Gasteiger partial charge in [0.15, 0.2) is 0 Å². The first-order valence-electron chi connectivity index (χ1n) is 7.18. The third kappa shape index (κ3) is 4.08. The number of aryl methyl sites for hydroxylation is 3. The van der Waals surface area contributed by atoms with Crippen LogP contribution in [-0.4, -0.2) is 32.6 Å². The van der Waals surface area contributed by atoms with Crippen LogP contribution in [0.2, 0.25) is 0 Å². The highest BCUT2D eigenvalue weighted by molar-refractivity contribution is 5.88. The van der Waals surface area contributed by atoms with Crippen LogP contribution in [0.5, 0.6) is 0 Å². The topological polar surface area (TPSA) is 87.6 Å². The molecule has 0 aliphatic rings. The second-order valence-electron chi connectivity index (χ2n) is 4.98. The minimum atomic E-state index is -0.203. The lowest BCUT2D eigenvalue weighted by molar-refractivity contribution is 0.252. The number of aromatic nitrogens is 4. The molecule has 2 amide bonds. The number of carbonyl (C=O) groups excluding carboxylic acids is 1. The number of rotatable bonds is 6. The summed E-state index contributed by atoms with van der Waals surface area (Å²) in [6.45, 7) is 7.41. The fraction of sp³-hybridized carbons (Fsp3) is 0.500. The Kier molecular flexibility index (Phi) is 4.97. The Balaban J connectivity index is 1.70. The number of nitrogens with one attached hydrogen (secondary N) is 3. The molecule has 114 valence electrons. The van der Waals surface area contributed by atoms with Gasteiger partial charge in [0, 0.05) is 25.0 Å². The van der Waals surface area contributed by atoms with Gasteiger partial charge in [0.25, 0.3) is 0 Å². The molecule has 0 saturated heterocycles. The van der Waals surface area contributed by atoms with Gasteiger partial charge in [-0.15, -0.1) is 0 Å². The average molecular weight is 290 g/mol. The van der Waals surface area contributed by atoms with Gasteiger partial charge in [0.2, 0.25) is 0 Å². The van der Waals surface area contributed by atoms with Gasteiger partial charge >= 0.3 is 6.03 Å². The Hall–Kier alpha value is -2.31. The lowest BCUT2D eigenvalue weighted by Gasteiger charge is -2.06. The molecule has 0 spiro atoms. The van der Waals surface area contributed by atoms with Gasteiger partial charge in [-0.3, -0.25) is 9.78 Å². The molecule has 2 aromatic heterocycles. The molecular formula is C14H22N6O. The summed E-state index contributed by atoms with van der Waals surface area (Å²) in [5.41, 5.74) is 4.07. The van der Waals surface area contributed by atoms with Crippen LogP contribution >= 0.6 is 0 Å². The Morgan fingerprint density at radius 3 is 2.86 bits per heavy atom. The van der Waals surface area contributed by atoms with Crippen LogP contribution in [0.1, 0.15) is 30.3 Å². The maximum Gasteiger partial charge on any atom is 0.319 e. The van der Waals surface area contributed by atoms with Crippen molar-refractivity contribution in [1.29, 1.82) is 0 Å². The zero-order valence-corrected chi connectivity index (χ0v) is 12.7. The zero-order valence-electron chi connectivity index (χ0n) is 12.7. The summed E-state index contributed by atoms with van der Waals surface area (Å²) in [5.74, 6) is 0. The molecule has 7 heteroatoms. The largest absolute Gasteiger partial charge is 0.338 e. The second kappa shape index (κ2) is 6.92. The van der Waals surface area contributed by atoms with Crippen molar-refractivity contribution in [2.75, 3.05) is 11.9 Å². The third-order valence-electron chi connectivity index (χ3n) is 3.38. The van der Waals surface area contributed by atoms with E-state index in [-0.39, 0.29) is 6.03 Å². The van der Waals surface area contributed by atoms with E-state index in [0.717, 1.165) is 30.8 Å². The maximum absolute atomic E-state index is 11.7. The van der Waals surface area contributed by atoms with Crippen molar-refractivity contribution in [1.82, 2.24) is 25.3 Å². The highest BCUT2D eigenvalue weighted by Crippen LogP contribution is 2.11. The molecule has 0 bridgehead atoms. The van der Waals surface area contributed by atoms with E-state index in [1.807, 2.05) is 20.8 Å². The summed E-state index contributed by atoms with van der Waals surface area (Å²) >= 11 is 0. The minimum absolute atomic E-state index is 0.203. The van der Waals surface area contributed by atoms with Gasteiger partial charge in [-0.2, -0.15) is 10.2 Å². The number of hydrogen-bond acceptors (Lipinski definition) is 3. The van der Waals surface area contributed by atoms with Crippen LogP contribution in [-0.2, 0) is 13.0 Å². The van der Waals surface area contributed by atoms with Crippen LogP contribution in [0.3, 0.4) is 0 Å². The summed E-state index contributed by atoms with van der Waals surface area (Å²) in [6, 6.07) is -0.203. The van der Waals surface area contributed by atoms with Crippen molar-refractivity contribution in [3.63, 3.8) is 0 Å². The van der Waals surface area contributed by atoms with E-state index in [1.165, 1.54) is 5.56 Å². The second-order valence-corrected chi connectivity index (χ2v) is 4.98. The highest BCUT2D eigenvalue weighted by Gasteiger charge is 2.07.